The van der Waals surface area contributed by atoms with Gasteiger partial charge in [0.1, 0.15) is 0 Å². The Kier molecular flexibility index (Phi) is 2.68. The minimum absolute atomic E-state index is 0.354. The van der Waals surface area contributed by atoms with Crippen molar-refractivity contribution in [1.29, 1.82) is 0 Å². The fourth-order valence-corrected chi connectivity index (χ4v) is 2.04. The van der Waals surface area contributed by atoms with Crippen molar-refractivity contribution in [3.63, 3.8) is 0 Å². The molecule has 1 aromatic rings. The average molecular weight is 193 g/mol. The van der Waals surface area contributed by atoms with Gasteiger partial charge in [-0.05, 0) is 25.5 Å². The summed E-state index contributed by atoms with van der Waals surface area (Å²) in [5.41, 5.74) is 0.754. The predicted octanol–water partition coefficient (Wildman–Crippen LogP) is 1.90. The molecule has 1 aliphatic rings. The molecule has 3 nitrogen and oxygen atoms in total. The highest BCUT2D eigenvalue weighted by Gasteiger charge is 2.24. The lowest BCUT2D eigenvalue weighted by Crippen LogP contribution is -2.17. The van der Waals surface area contributed by atoms with Gasteiger partial charge in [-0.25, -0.2) is 0 Å². The van der Waals surface area contributed by atoms with Crippen molar-refractivity contribution in [2.75, 3.05) is 13.2 Å². The second-order valence-electron chi connectivity index (χ2n) is 3.82. The number of ether oxygens (including phenoxy) is 1. The average Bonchev–Trinajstić information content (AvgIpc) is 2.87. The topological polar surface area (TPSA) is 31.2 Å². The van der Waals surface area contributed by atoms with Crippen LogP contribution in [0.2, 0.25) is 0 Å². The third-order valence-electron chi connectivity index (χ3n) is 3.02. The molecule has 0 aromatic carbocycles. The van der Waals surface area contributed by atoms with E-state index < -0.39 is 0 Å². The zero-order valence-corrected chi connectivity index (χ0v) is 8.35. The summed E-state index contributed by atoms with van der Waals surface area (Å²) in [4.78, 5) is 10.8. The maximum atomic E-state index is 10.8. The molecule has 2 rings (SSSR count). The van der Waals surface area contributed by atoms with Crippen molar-refractivity contribution in [1.82, 2.24) is 4.57 Å². The molecule has 0 bridgehead atoms. The second-order valence-corrected chi connectivity index (χ2v) is 3.82. The van der Waals surface area contributed by atoms with Crippen molar-refractivity contribution >= 4 is 6.29 Å². The normalized spacial score (nSPS) is 23.6. The molecule has 2 atom stereocenters. The van der Waals surface area contributed by atoms with Crippen LogP contribution in [0.15, 0.2) is 18.3 Å². The highest BCUT2D eigenvalue weighted by Crippen LogP contribution is 2.26. The molecule has 0 saturated carbocycles. The molecule has 1 fully saturated rings. The largest absolute Gasteiger partial charge is 0.381 e. The Balaban J connectivity index is 2.16. The number of aromatic nitrogens is 1. The third-order valence-corrected chi connectivity index (χ3v) is 3.02. The fourth-order valence-electron chi connectivity index (χ4n) is 2.04. The Morgan fingerprint density at radius 3 is 3.21 bits per heavy atom. The van der Waals surface area contributed by atoms with Crippen molar-refractivity contribution in [2.45, 2.75) is 19.4 Å². The van der Waals surface area contributed by atoms with Gasteiger partial charge in [0.15, 0.2) is 6.29 Å². The van der Waals surface area contributed by atoms with Gasteiger partial charge in [0.05, 0.1) is 12.3 Å². The van der Waals surface area contributed by atoms with E-state index in [1.165, 1.54) is 0 Å². The number of rotatable bonds is 3. The van der Waals surface area contributed by atoms with E-state index >= 15 is 0 Å². The molecule has 0 amide bonds. The quantitative estimate of drug-likeness (QED) is 0.686. The highest BCUT2D eigenvalue weighted by atomic mass is 16.5. The predicted molar refractivity (Wildman–Crippen MR) is 53.5 cm³/mol. The van der Waals surface area contributed by atoms with E-state index in [2.05, 4.69) is 6.92 Å². The van der Waals surface area contributed by atoms with Crippen LogP contribution in [0.4, 0.5) is 0 Å². The van der Waals surface area contributed by atoms with E-state index in [0.717, 1.165) is 31.6 Å². The molecule has 0 N–H and O–H groups in total. The fraction of sp³-hybridized carbons (Fsp3) is 0.545. The highest BCUT2D eigenvalue weighted by molar-refractivity contribution is 5.72. The van der Waals surface area contributed by atoms with Crippen LogP contribution in [0.1, 0.15) is 29.9 Å². The van der Waals surface area contributed by atoms with E-state index in [-0.39, 0.29) is 0 Å². The van der Waals surface area contributed by atoms with E-state index in [0.29, 0.717) is 12.0 Å². The van der Waals surface area contributed by atoms with Crippen LogP contribution >= 0.6 is 0 Å². The summed E-state index contributed by atoms with van der Waals surface area (Å²) in [6.45, 7) is 3.82. The molecule has 0 aliphatic carbocycles. The Morgan fingerprint density at radius 1 is 1.71 bits per heavy atom. The van der Waals surface area contributed by atoms with Crippen LogP contribution in [0.25, 0.3) is 0 Å². The number of carbonyl (C=O) groups excluding carboxylic acids is 1. The number of hydrogen-bond acceptors (Lipinski definition) is 2. The van der Waals surface area contributed by atoms with Crippen LogP contribution in [0.5, 0.6) is 0 Å². The molecule has 2 unspecified atom stereocenters. The zero-order chi connectivity index (χ0) is 9.97. The standard InChI is InChI=1S/C11H15NO2/c1-9(10-4-6-14-8-10)12-5-2-3-11(12)7-13/h2-3,5,7,9-10H,4,6,8H2,1H3. The molecule has 3 heteroatoms. The lowest BCUT2D eigenvalue weighted by atomic mass is 10.0. The number of hydrogen-bond donors (Lipinski definition) is 0. The Bertz CT molecular complexity index is 313. The van der Waals surface area contributed by atoms with Gasteiger partial charge in [0.25, 0.3) is 0 Å². The first-order valence-electron chi connectivity index (χ1n) is 5.02. The van der Waals surface area contributed by atoms with Gasteiger partial charge in [0, 0.05) is 24.8 Å². The lowest BCUT2D eigenvalue weighted by molar-refractivity contribution is 0.111. The first-order chi connectivity index (χ1) is 6.83. The summed E-state index contributed by atoms with van der Waals surface area (Å²) in [6.07, 6.45) is 3.97. The molecular weight excluding hydrogens is 178 g/mol. The molecule has 2 heterocycles. The monoisotopic (exact) mass is 193 g/mol. The molecule has 0 spiro atoms. The molecule has 1 saturated heterocycles. The van der Waals surface area contributed by atoms with Crippen molar-refractivity contribution in [2.24, 2.45) is 5.92 Å². The smallest absolute Gasteiger partial charge is 0.166 e. The van der Waals surface area contributed by atoms with E-state index in [1.54, 1.807) is 0 Å². The van der Waals surface area contributed by atoms with Gasteiger partial charge in [-0.1, -0.05) is 0 Å². The van der Waals surface area contributed by atoms with Gasteiger partial charge in [-0.15, -0.1) is 0 Å². The van der Waals surface area contributed by atoms with Crippen LogP contribution in [0, 0.1) is 5.92 Å². The van der Waals surface area contributed by atoms with Crippen LogP contribution in [0.3, 0.4) is 0 Å². The Hall–Kier alpha value is -1.09. The summed E-state index contributed by atoms with van der Waals surface area (Å²) in [5, 5.41) is 0. The minimum atomic E-state index is 0.354. The third kappa shape index (κ3) is 1.60. The maximum Gasteiger partial charge on any atom is 0.166 e. The van der Waals surface area contributed by atoms with Gasteiger partial charge < -0.3 is 9.30 Å². The molecular formula is C11H15NO2. The summed E-state index contributed by atoms with van der Waals surface area (Å²) in [6, 6.07) is 4.11. The summed E-state index contributed by atoms with van der Waals surface area (Å²) in [7, 11) is 0. The number of nitrogens with zero attached hydrogens (tertiary/aromatic N) is 1. The van der Waals surface area contributed by atoms with E-state index in [1.807, 2.05) is 22.9 Å². The lowest BCUT2D eigenvalue weighted by Gasteiger charge is -2.20. The Morgan fingerprint density at radius 2 is 2.57 bits per heavy atom. The van der Waals surface area contributed by atoms with Gasteiger partial charge >= 0.3 is 0 Å². The summed E-state index contributed by atoms with van der Waals surface area (Å²) < 4.78 is 7.38. The van der Waals surface area contributed by atoms with E-state index in [9.17, 15) is 4.79 Å². The summed E-state index contributed by atoms with van der Waals surface area (Å²) in [5.74, 6) is 0.543. The molecule has 14 heavy (non-hydrogen) atoms. The van der Waals surface area contributed by atoms with Gasteiger partial charge in [-0.2, -0.15) is 0 Å². The van der Waals surface area contributed by atoms with Gasteiger partial charge in [0.2, 0.25) is 0 Å². The summed E-state index contributed by atoms with van der Waals surface area (Å²) >= 11 is 0. The van der Waals surface area contributed by atoms with E-state index in [4.69, 9.17) is 4.74 Å². The molecule has 1 aliphatic heterocycles. The van der Waals surface area contributed by atoms with Crippen LogP contribution in [-0.2, 0) is 4.74 Å². The molecule has 1 aromatic heterocycles. The maximum absolute atomic E-state index is 10.8. The molecule has 0 radical (unpaired) electrons. The van der Waals surface area contributed by atoms with Crippen molar-refractivity contribution in [3.05, 3.63) is 24.0 Å². The number of carbonyl (C=O) groups is 1. The molecule has 76 valence electrons. The second kappa shape index (κ2) is 3.96. The Labute approximate surface area is 83.7 Å². The van der Waals surface area contributed by atoms with Gasteiger partial charge in [-0.3, -0.25) is 4.79 Å². The minimum Gasteiger partial charge on any atom is -0.381 e. The van der Waals surface area contributed by atoms with Crippen LogP contribution < -0.4 is 0 Å². The number of aldehydes is 1. The first kappa shape index (κ1) is 9.46. The first-order valence-corrected chi connectivity index (χ1v) is 5.02. The van der Waals surface area contributed by atoms with Crippen molar-refractivity contribution in [3.8, 4) is 0 Å². The zero-order valence-electron chi connectivity index (χ0n) is 8.35. The van der Waals surface area contributed by atoms with Crippen LogP contribution in [-0.4, -0.2) is 24.1 Å². The van der Waals surface area contributed by atoms with Crippen molar-refractivity contribution < 1.29 is 9.53 Å². The SMILES string of the molecule is CC(C1CCOC1)n1cccc1C=O.